The molecule has 0 N–H and O–H groups in total. The minimum Gasteiger partial charge on any atom is -0.493 e. The van der Waals surface area contributed by atoms with Crippen LogP contribution in [0.3, 0.4) is 0 Å². The number of carbonyl (C=O) groups is 1. The molecule has 7 heteroatoms. The maximum atomic E-state index is 11.8. The lowest BCUT2D eigenvalue weighted by Gasteiger charge is -2.18. The Labute approximate surface area is 192 Å². The van der Waals surface area contributed by atoms with Gasteiger partial charge in [-0.15, -0.1) is 0 Å². The van der Waals surface area contributed by atoms with Crippen LogP contribution in [0, 0.1) is 0 Å². The van der Waals surface area contributed by atoms with E-state index >= 15 is 0 Å². The first-order valence-electron chi connectivity index (χ1n) is 10.1. The molecule has 0 aromatic heterocycles. The number of methoxy groups -OCH3 is 2. The van der Waals surface area contributed by atoms with Gasteiger partial charge < -0.3 is 18.9 Å². The lowest BCUT2D eigenvalue weighted by molar-refractivity contribution is 0.0535. The van der Waals surface area contributed by atoms with Gasteiger partial charge in [-0.3, -0.25) is 4.31 Å². The summed E-state index contributed by atoms with van der Waals surface area (Å²) in [6.45, 7) is 0.646. The Balaban J connectivity index is 1.70. The fourth-order valence-corrected chi connectivity index (χ4v) is 4.39. The molecule has 166 valence electrons. The summed E-state index contributed by atoms with van der Waals surface area (Å²) in [5.74, 6) is 1.41. The Hall–Kier alpha value is -3.16. The number of ether oxygens (including phenoxy) is 4. The molecular weight excluding hydrogens is 426 g/mol. The van der Waals surface area contributed by atoms with Gasteiger partial charge >= 0.3 is 5.97 Å². The predicted octanol–water partition coefficient (Wildman–Crippen LogP) is 5.19. The topological polar surface area (TPSA) is 57.2 Å². The van der Waals surface area contributed by atoms with Crippen molar-refractivity contribution >= 4 is 17.9 Å². The number of cyclic esters (lactones) is 1. The van der Waals surface area contributed by atoms with Crippen molar-refractivity contribution in [2.45, 2.75) is 18.1 Å². The Morgan fingerprint density at radius 3 is 2.53 bits per heavy atom. The monoisotopic (exact) mass is 451 g/mol. The van der Waals surface area contributed by atoms with Crippen LogP contribution in [0.4, 0.5) is 0 Å². The maximum Gasteiger partial charge on any atom is 0.338 e. The van der Waals surface area contributed by atoms with E-state index in [2.05, 4.69) is 12.1 Å². The molecule has 0 saturated heterocycles. The summed E-state index contributed by atoms with van der Waals surface area (Å²) in [4.78, 5) is 13.0. The SMILES string of the molecule is COc1ccc(-c2ccc3c(c2)COC3=O)c(OCc2cccc(SN(C)C)c2)c1OC. The van der Waals surface area contributed by atoms with Crippen molar-refractivity contribution in [1.29, 1.82) is 0 Å². The molecule has 0 radical (unpaired) electrons. The highest BCUT2D eigenvalue weighted by Crippen LogP contribution is 2.45. The third-order valence-electron chi connectivity index (χ3n) is 5.06. The van der Waals surface area contributed by atoms with Crippen LogP contribution in [0.2, 0.25) is 0 Å². The smallest absolute Gasteiger partial charge is 0.338 e. The summed E-state index contributed by atoms with van der Waals surface area (Å²) in [6, 6.07) is 17.7. The predicted molar refractivity (Wildman–Crippen MR) is 124 cm³/mol. The van der Waals surface area contributed by atoms with Crippen molar-refractivity contribution in [3.63, 3.8) is 0 Å². The highest BCUT2D eigenvalue weighted by Gasteiger charge is 2.23. The van der Waals surface area contributed by atoms with Gasteiger partial charge in [-0.1, -0.05) is 18.2 Å². The minimum absolute atomic E-state index is 0.280. The van der Waals surface area contributed by atoms with Gasteiger partial charge in [-0.05, 0) is 73.6 Å². The van der Waals surface area contributed by atoms with E-state index in [4.69, 9.17) is 18.9 Å². The number of esters is 1. The Morgan fingerprint density at radius 2 is 1.78 bits per heavy atom. The largest absolute Gasteiger partial charge is 0.493 e. The Morgan fingerprint density at radius 1 is 0.969 bits per heavy atom. The van der Waals surface area contributed by atoms with Crippen molar-refractivity contribution in [3.05, 3.63) is 71.3 Å². The Bertz CT molecular complexity index is 1150. The number of carbonyl (C=O) groups excluding carboxylic acids is 1. The highest BCUT2D eigenvalue weighted by atomic mass is 32.2. The fraction of sp³-hybridized carbons (Fsp3) is 0.240. The first kappa shape index (κ1) is 22.0. The third kappa shape index (κ3) is 4.54. The van der Waals surface area contributed by atoms with Crippen LogP contribution in [0.5, 0.6) is 17.2 Å². The average Bonchev–Trinajstić information content (AvgIpc) is 3.16. The van der Waals surface area contributed by atoms with E-state index < -0.39 is 0 Å². The average molecular weight is 452 g/mol. The van der Waals surface area contributed by atoms with E-state index in [-0.39, 0.29) is 12.6 Å². The molecule has 0 fully saturated rings. The molecule has 3 aromatic rings. The molecule has 0 saturated carbocycles. The zero-order valence-corrected chi connectivity index (χ0v) is 19.3. The maximum absolute atomic E-state index is 11.8. The highest BCUT2D eigenvalue weighted by molar-refractivity contribution is 7.97. The van der Waals surface area contributed by atoms with Gasteiger partial charge in [0.05, 0.1) is 19.8 Å². The van der Waals surface area contributed by atoms with E-state index in [1.165, 1.54) is 0 Å². The lowest BCUT2D eigenvalue weighted by Crippen LogP contribution is -2.02. The normalized spacial score (nSPS) is 12.5. The molecule has 0 spiro atoms. The summed E-state index contributed by atoms with van der Waals surface area (Å²) >= 11 is 1.65. The lowest BCUT2D eigenvalue weighted by atomic mass is 9.99. The van der Waals surface area contributed by atoms with Gasteiger partial charge in [-0.25, -0.2) is 4.79 Å². The van der Waals surface area contributed by atoms with Gasteiger partial charge in [0.15, 0.2) is 11.5 Å². The van der Waals surface area contributed by atoms with Crippen LogP contribution in [-0.2, 0) is 18.0 Å². The second kappa shape index (κ2) is 9.54. The summed E-state index contributed by atoms with van der Waals surface area (Å²) in [5.41, 5.74) is 4.27. The first-order chi connectivity index (χ1) is 15.5. The van der Waals surface area contributed by atoms with Crippen LogP contribution < -0.4 is 14.2 Å². The Kier molecular flexibility index (Phi) is 6.58. The fourth-order valence-electron chi connectivity index (χ4n) is 3.63. The molecule has 0 amide bonds. The summed E-state index contributed by atoms with van der Waals surface area (Å²) in [7, 11) is 7.21. The van der Waals surface area contributed by atoms with Crippen molar-refractivity contribution in [3.8, 4) is 28.4 Å². The number of nitrogens with zero attached hydrogens (tertiary/aromatic N) is 1. The second-order valence-electron chi connectivity index (χ2n) is 7.47. The van der Waals surface area contributed by atoms with Crippen molar-refractivity contribution in [2.75, 3.05) is 28.3 Å². The quantitative estimate of drug-likeness (QED) is 0.345. The van der Waals surface area contributed by atoms with Crippen LogP contribution in [0.25, 0.3) is 11.1 Å². The van der Waals surface area contributed by atoms with E-state index in [0.717, 1.165) is 27.1 Å². The summed E-state index contributed by atoms with van der Waals surface area (Å²) in [5, 5.41) is 0. The molecular formula is C25H25NO5S. The third-order valence-corrected chi connectivity index (χ3v) is 5.89. The number of hydrogen-bond donors (Lipinski definition) is 0. The first-order valence-corrected chi connectivity index (χ1v) is 10.9. The number of benzene rings is 3. The van der Waals surface area contributed by atoms with Gasteiger partial charge in [-0.2, -0.15) is 0 Å². The van der Waals surface area contributed by atoms with Gasteiger partial charge in [0.2, 0.25) is 5.75 Å². The molecule has 0 atom stereocenters. The summed E-state index contributed by atoms with van der Waals surface area (Å²) < 4.78 is 24.7. The van der Waals surface area contributed by atoms with E-state index in [9.17, 15) is 4.79 Å². The molecule has 1 aliphatic rings. The van der Waals surface area contributed by atoms with Gasteiger partial charge in [0, 0.05) is 16.0 Å². The zero-order valence-electron chi connectivity index (χ0n) is 18.5. The standard InChI is InChI=1S/C25H25NO5S/c1-26(2)32-19-7-5-6-16(12-19)14-30-23-20(10-11-22(28-3)24(23)29-4)17-8-9-21-18(13-17)15-31-25(21)27/h5-13H,14-15H2,1-4H3. The van der Waals surface area contributed by atoms with Gasteiger partial charge in [0.1, 0.15) is 13.2 Å². The van der Waals surface area contributed by atoms with E-state index in [0.29, 0.717) is 29.4 Å². The van der Waals surface area contributed by atoms with E-state index in [1.807, 2.05) is 54.8 Å². The van der Waals surface area contributed by atoms with E-state index in [1.54, 1.807) is 32.2 Å². The zero-order chi connectivity index (χ0) is 22.7. The van der Waals surface area contributed by atoms with Crippen LogP contribution in [0.1, 0.15) is 21.5 Å². The molecule has 32 heavy (non-hydrogen) atoms. The molecule has 0 unspecified atom stereocenters. The number of rotatable bonds is 8. The molecule has 0 bridgehead atoms. The molecule has 0 aliphatic carbocycles. The number of fused-ring (bicyclic) bond motifs is 1. The molecule has 1 heterocycles. The van der Waals surface area contributed by atoms with Crippen LogP contribution in [0.15, 0.2) is 59.5 Å². The van der Waals surface area contributed by atoms with Crippen LogP contribution in [-0.4, -0.2) is 38.6 Å². The van der Waals surface area contributed by atoms with Crippen molar-refractivity contribution in [1.82, 2.24) is 4.31 Å². The molecule has 3 aromatic carbocycles. The minimum atomic E-state index is -0.286. The van der Waals surface area contributed by atoms with Crippen LogP contribution >= 0.6 is 11.9 Å². The van der Waals surface area contributed by atoms with Crippen molar-refractivity contribution < 1.29 is 23.7 Å². The molecule has 1 aliphatic heterocycles. The second-order valence-corrected chi connectivity index (χ2v) is 8.85. The van der Waals surface area contributed by atoms with Crippen molar-refractivity contribution in [2.24, 2.45) is 0 Å². The number of hydrogen-bond acceptors (Lipinski definition) is 7. The summed E-state index contributed by atoms with van der Waals surface area (Å²) in [6.07, 6.45) is 0. The van der Waals surface area contributed by atoms with Gasteiger partial charge in [0.25, 0.3) is 0 Å². The molecule has 4 rings (SSSR count). The molecule has 6 nitrogen and oxygen atoms in total.